The van der Waals surface area contributed by atoms with Gasteiger partial charge in [0, 0.05) is 11.6 Å². The van der Waals surface area contributed by atoms with Crippen LogP contribution in [0.25, 0.3) is 22.0 Å². The molecule has 0 saturated heterocycles. The molecule has 71 valence electrons. The molecular weight excluding hydrogens is 182 g/mol. The fourth-order valence-electron chi connectivity index (χ4n) is 1.87. The van der Waals surface area contributed by atoms with Gasteiger partial charge in [-0.25, -0.2) is 0 Å². The van der Waals surface area contributed by atoms with Crippen molar-refractivity contribution >= 4 is 10.8 Å². The van der Waals surface area contributed by atoms with E-state index in [1.807, 2.05) is 18.3 Å². The van der Waals surface area contributed by atoms with Crippen LogP contribution in [-0.4, -0.2) is 4.98 Å². The maximum Gasteiger partial charge on any atom is 0.0533 e. The second kappa shape index (κ2) is 3.28. The average molecular weight is 192 g/mol. The van der Waals surface area contributed by atoms with Crippen LogP contribution >= 0.6 is 0 Å². The Balaban J connectivity index is 2.28. The van der Waals surface area contributed by atoms with Gasteiger partial charge in [-0.1, -0.05) is 48.5 Å². The van der Waals surface area contributed by atoms with E-state index in [2.05, 4.69) is 47.4 Å². The average Bonchev–Trinajstić information content (AvgIpc) is 2.74. The van der Waals surface area contributed by atoms with E-state index in [1.54, 1.807) is 0 Å². The number of aromatic nitrogens is 1. The SMILES string of the molecule is [c]1ccc(-c2[nH]cc3ccccc23)cc1. The van der Waals surface area contributed by atoms with Crippen molar-refractivity contribution in [3.05, 3.63) is 60.8 Å². The summed E-state index contributed by atoms with van der Waals surface area (Å²) in [5, 5.41) is 2.52. The number of nitrogens with one attached hydrogen (secondary N) is 1. The van der Waals surface area contributed by atoms with Crippen molar-refractivity contribution in [2.45, 2.75) is 0 Å². The highest BCUT2D eigenvalue weighted by Crippen LogP contribution is 2.26. The van der Waals surface area contributed by atoms with Crippen molar-refractivity contribution in [3.63, 3.8) is 0 Å². The number of hydrogen-bond donors (Lipinski definition) is 1. The lowest BCUT2D eigenvalue weighted by molar-refractivity contribution is 1.41. The van der Waals surface area contributed by atoms with Gasteiger partial charge in [-0.3, -0.25) is 0 Å². The number of fused-ring (bicyclic) bond motifs is 1. The highest BCUT2D eigenvalue weighted by molar-refractivity contribution is 5.95. The van der Waals surface area contributed by atoms with Gasteiger partial charge < -0.3 is 4.98 Å². The smallest absolute Gasteiger partial charge is 0.0533 e. The van der Waals surface area contributed by atoms with Crippen LogP contribution in [0.1, 0.15) is 0 Å². The molecule has 1 heterocycles. The van der Waals surface area contributed by atoms with Crippen molar-refractivity contribution in [2.75, 3.05) is 0 Å². The lowest BCUT2D eigenvalue weighted by atomic mass is 10.1. The van der Waals surface area contributed by atoms with Gasteiger partial charge >= 0.3 is 0 Å². The van der Waals surface area contributed by atoms with Gasteiger partial charge in [0.1, 0.15) is 0 Å². The predicted octanol–water partition coefficient (Wildman–Crippen LogP) is 3.64. The predicted molar refractivity (Wildman–Crippen MR) is 62.6 cm³/mol. The molecule has 15 heavy (non-hydrogen) atoms. The molecule has 3 aromatic rings. The Morgan fingerprint density at radius 2 is 1.73 bits per heavy atom. The summed E-state index contributed by atoms with van der Waals surface area (Å²) in [6.45, 7) is 0. The van der Waals surface area contributed by atoms with Crippen molar-refractivity contribution in [1.29, 1.82) is 0 Å². The first-order valence-corrected chi connectivity index (χ1v) is 4.98. The standard InChI is InChI=1S/C14H10N/c1-2-6-11(7-3-1)14-13-9-5-4-8-12(13)10-15-14/h2-10,15H. The number of rotatable bonds is 1. The van der Waals surface area contributed by atoms with Crippen LogP contribution in [0.4, 0.5) is 0 Å². The van der Waals surface area contributed by atoms with Gasteiger partial charge in [-0.05, 0) is 17.0 Å². The third-order valence-electron chi connectivity index (χ3n) is 2.61. The van der Waals surface area contributed by atoms with E-state index >= 15 is 0 Å². The van der Waals surface area contributed by atoms with Crippen LogP contribution < -0.4 is 0 Å². The third kappa shape index (κ3) is 1.33. The topological polar surface area (TPSA) is 15.8 Å². The van der Waals surface area contributed by atoms with Crippen molar-refractivity contribution in [2.24, 2.45) is 0 Å². The summed E-state index contributed by atoms with van der Waals surface area (Å²) in [6, 6.07) is 19.4. The molecule has 1 aromatic heterocycles. The lowest BCUT2D eigenvalue weighted by Crippen LogP contribution is -1.76. The van der Waals surface area contributed by atoms with Gasteiger partial charge in [-0.2, -0.15) is 0 Å². The molecule has 0 bridgehead atoms. The number of H-pyrrole nitrogens is 1. The zero-order chi connectivity index (χ0) is 10.1. The van der Waals surface area contributed by atoms with E-state index in [0.717, 1.165) is 0 Å². The van der Waals surface area contributed by atoms with Crippen LogP contribution in [0.3, 0.4) is 0 Å². The maximum atomic E-state index is 3.32. The quantitative estimate of drug-likeness (QED) is 0.606. The summed E-state index contributed by atoms with van der Waals surface area (Å²) < 4.78 is 0. The highest BCUT2D eigenvalue weighted by Gasteiger charge is 2.03. The van der Waals surface area contributed by atoms with Gasteiger partial charge in [0.2, 0.25) is 0 Å². The van der Waals surface area contributed by atoms with Crippen LogP contribution in [-0.2, 0) is 0 Å². The molecular formula is C14H10N. The van der Waals surface area contributed by atoms with Crippen LogP contribution in [0, 0.1) is 6.07 Å². The van der Waals surface area contributed by atoms with Crippen LogP contribution in [0.15, 0.2) is 54.7 Å². The van der Waals surface area contributed by atoms with E-state index < -0.39 is 0 Å². The molecule has 0 amide bonds. The van der Waals surface area contributed by atoms with E-state index in [0.29, 0.717) is 0 Å². The van der Waals surface area contributed by atoms with E-state index in [1.165, 1.54) is 22.0 Å². The molecule has 0 aliphatic heterocycles. The first kappa shape index (κ1) is 8.30. The Morgan fingerprint density at radius 1 is 0.933 bits per heavy atom. The van der Waals surface area contributed by atoms with Gasteiger partial charge in [-0.15, -0.1) is 0 Å². The molecule has 0 fully saturated rings. The summed E-state index contributed by atoms with van der Waals surface area (Å²) in [5.41, 5.74) is 2.38. The summed E-state index contributed by atoms with van der Waals surface area (Å²) in [5.74, 6) is 0. The van der Waals surface area contributed by atoms with E-state index in [-0.39, 0.29) is 0 Å². The molecule has 0 atom stereocenters. The van der Waals surface area contributed by atoms with E-state index in [9.17, 15) is 0 Å². The van der Waals surface area contributed by atoms with Gasteiger partial charge in [0.05, 0.1) is 5.69 Å². The second-order valence-electron chi connectivity index (χ2n) is 3.54. The number of aromatic amines is 1. The normalized spacial score (nSPS) is 10.7. The minimum absolute atomic E-state index is 1.18. The second-order valence-corrected chi connectivity index (χ2v) is 3.54. The Labute approximate surface area is 88.4 Å². The maximum absolute atomic E-state index is 3.32. The first-order valence-electron chi connectivity index (χ1n) is 4.98. The molecule has 1 radical (unpaired) electrons. The molecule has 0 spiro atoms. The Hall–Kier alpha value is -2.02. The fraction of sp³-hybridized carbons (Fsp3) is 0. The Morgan fingerprint density at radius 3 is 2.60 bits per heavy atom. The largest absolute Gasteiger partial charge is 0.360 e. The first-order chi connectivity index (χ1) is 7.45. The summed E-state index contributed by atoms with van der Waals surface area (Å²) >= 11 is 0. The molecule has 1 heteroatoms. The zero-order valence-corrected chi connectivity index (χ0v) is 8.20. The fourth-order valence-corrected chi connectivity index (χ4v) is 1.87. The van der Waals surface area contributed by atoms with Crippen LogP contribution in [0.5, 0.6) is 0 Å². The summed E-state index contributed by atoms with van der Waals surface area (Å²) in [6.07, 6.45) is 2.04. The lowest BCUT2D eigenvalue weighted by Gasteiger charge is -1.98. The minimum Gasteiger partial charge on any atom is -0.360 e. The van der Waals surface area contributed by atoms with Crippen molar-refractivity contribution in [3.8, 4) is 11.3 Å². The minimum atomic E-state index is 1.18. The molecule has 3 rings (SSSR count). The number of benzene rings is 2. The van der Waals surface area contributed by atoms with Gasteiger partial charge in [0.25, 0.3) is 0 Å². The molecule has 0 aliphatic rings. The highest BCUT2D eigenvalue weighted by atomic mass is 14.7. The van der Waals surface area contributed by atoms with Crippen molar-refractivity contribution < 1.29 is 0 Å². The van der Waals surface area contributed by atoms with Crippen molar-refractivity contribution in [1.82, 2.24) is 4.98 Å². The zero-order valence-electron chi connectivity index (χ0n) is 8.20. The molecule has 1 N–H and O–H groups in total. The Bertz CT molecular complexity index is 578. The molecule has 1 nitrogen and oxygen atoms in total. The molecule has 0 saturated carbocycles. The number of hydrogen-bond acceptors (Lipinski definition) is 0. The summed E-state index contributed by atoms with van der Waals surface area (Å²) in [7, 11) is 0. The Kier molecular flexibility index (Phi) is 1.82. The molecule has 2 aromatic carbocycles. The van der Waals surface area contributed by atoms with Crippen LogP contribution in [0.2, 0.25) is 0 Å². The molecule has 0 aliphatic carbocycles. The molecule has 0 unspecified atom stereocenters. The third-order valence-corrected chi connectivity index (χ3v) is 2.61. The summed E-state index contributed by atoms with van der Waals surface area (Å²) in [4.78, 5) is 3.32. The van der Waals surface area contributed by atoms with Gasteiger partial charge in [0.15, 0.2) is 0 Å². The van der Waals surface area contributed by atoms with E-state index in [4.69, 9.17) is 0 Å². The monoisotopic (exact) mass is 192 g/mol.